The van der Waals surface area contributed by atoms with Gasteiger partial charge >= 0.3 is 17.7 Å². The number of hydrogen-bond donors (Lipinski definition) is 3. The number of rotatable bonds is 7. The Bertz CT molecular complexity index is 1060. The van der Waals surface area contributed by atoms with Gasteiger partial charge < -0.3 is 20.3 Å². The molecule has 11 nitrogen and oxygen atoms in total. The van der Waals surface area contributed by atoms with E-state index in [4.69, 9.17) is 15.6 Å². The zero-order chi connectivity index (χ0) is 21.8. The van der Waals surface area contributed by atoms with Crippen molar-refractivity contribution >= 4 is 29.7 Å². The molecule has 2 amide bonds. The second-order valence-corrected chi connectivity index (χ2v) is 6.23. The zero-order valence-electron chi connectivity index (χ0n) is 15.2. The highest BCUT2D eigenvalue weighted by atomic mass is 16.6. The van der Waals surface area contributed by atoms with Crippen LogP contribution in [0, 0.1) is 10.1 Å². The van der Waals surface area contributed by atoms with Crippen LogP contribution in [-0.2, 0) is 20.7 Å². The fourth-order valence-corrected chi connectivity index (χ4v) is 2.59. The number of aliphatic carboxylic acids is 1. The van der Waals surface area contributed by atoms with Gasteiger partial charge in [0.05, 0.1) is 4.92 Å². The summed E-state index contributed by atoms with van der Waals surface area (Å²) >= 11 is 0. The minimum absolute atomic E-state index is 0.0509. The highest BCUT2D eigenvalue weighted by Gasteiger charge is 2.26. The second-order valence-electron chi connectivity index (χ2n) is 6.23. The smallest absolute Gasteiger partial charge is 0.419 e. The van der Waals surface area contributed by atoms with Crippen LogP contribution in [0.3, 0.4) is 0 Å². The molecule has 1 saturated heterocycles. The molecule has 0 bridgehead atoms. The number of nitro groups is 1. The van der Waals surface area contributed by atoms with Crippen LogP contribution in [0.5, 0.6) is 11.5 Å². The van der Waals surface area contributed by atoms with Crippen LogP contribution in [0.1, 0.15) is 11.1 Å². The molecular weight excluding hydrogens is 398 g/mol. The number of nitrogens with zero attached hydrogens (tertiary/aromatic N) is 1. The summed E-state index contributed by atoms with van der Waals surface area (Å²) in [7, 11) is 0. The molecule has 1 fully saturated rings. The normalized spacial score (nSPS) is 15.4. The lowest BCUT2D eigenvalue weighted by Gasteiger charge is -2.09. The van der Waals surface area contributed by atoms with Crippen LogP contribution >= 0.6 is 0 Å². The molecule has 0 saturated carbocycles. The third kappa shape index (κ3) is 4.77. The summed E-state index contributed by atoms with van der Waals surface area (Å²) in [5.74, 6) is -1.90. The minimum atomic E-state index is -1.12. The molecule has 1 aliphatic rings. The average Bonchev–Trinajstić information content (AvgIpc) is 3.01. The van der Waals surface area contributed by atoms with Gasteiger partial charge in [0.25, 0.3) is 5.91 Å². The zero-order valence-corrected chi connectivity index (χ0v) is 15.2. The number of carbonyl (C=O) groups excluding carboxylic acids is 2. The van der Waals surface area contributed by atoms with Gasteiger partial charge in [0, 0.05) is 6.07 Å². The first kappa shape index (κ1) is 20.5. The van der Waals surface area contributed by atoms with Gasteiger partial charge in [-0.3, -0.25) is 25.0 Å². The number of nitrogens with one attached hydrogen (secondary N) is 1. The van der Waals surface area contributed by atoms with Gasteiger partial charge in [-0.2, -0.15) is 0 Å². The molecule has 1 atom stereocenters. The molecule has 1 aliphatic heterocycles. The van der Waals surface area contributed by atoms with Crippen molar-refractivity contribution in [3.8, 4) is 11.5 Å². The monoisotopic (exact) mass is 413 g/mol. The summed E-state index contributed by atoms with van der Waals surface area (Å²) in [6, 6.07) is 9.20. The molecule has 154 valence electrons. The van der Waals surface area contributed by atoms with Crippen molar-refractivity contribution in [3.05, 3.63) is 69.5 Å². The lowest BCUT2D eigenvalue weighted by atomic mass is 10.1. The number of alkyl carbamates (subject to hydrolysis) is 1. The summed E-state index contributed by atoms with van der Waals surface area (Å²) in [6.07, 6.45) is 0.392. The van der Waals surface area contributed by atoms with Crippen molar-refractivity contribution in [2.45, 2.75) is 12.5 Å². The maximum Gasteiger partial charge on any atom is 0.419 e. The standard InChI is InChI=1S/C19H15N3O8/c20-13(18(24)25)7-10-1-4-12(5-2-10)29-15-6-3-11(8-14(15)22(27)28)9-16-17(23)21-19(26)30-16/h1-6,8-9,13H,7,20H2,(H,24,25)(H,21,23,26)/b16-9+. The largest absolute Gasteiger partial charge is 0.480 e. The Morgan fingerprint density at radius 2 is 1.97 bits per heavy atom. The first-order chi connectivity index (χ1) is 14.2. The van der Waals surface area contributed by atoms with Gasteiger partial charge in [-0.25, -0.2) is 4.79 Å². The van der Waals surface area contributed by atoms with Crippen LogP contribution in [0.4, 0.5) is 10.5 Å². The quantitative estimate of drug-likeness (QED) is 0.348. The molecule has 0 spiro atoms. The molecule has 0 radical (unpaired) electrons. The van der Waals surface area contributed by atoms with Crippen LogP contribution in [0.15, 0.2) is 48.2 Å². The van der Waals surface area contributed by atoms with Gasteiger partial charge in [-0.1, -0.05) is 18.2 Å². The highest BCUT2D eigenvalue weighted by Crippen LogP contribution is 2.33. The number of carbonyl (C=O) groups is 3. The molecule has 30 heavy (non-hydrogen) atoms. The Balaban J connectivity index is 1.80. The number of imide groups is 1. The second kappa shape index (κ2) is 8.41. The molecule has 3 rings (SSSR count). The van der Waals surface area contributed by atoms with Crippen LogP contribution in [0.2, 0.25) is 0 Å². The van der Waals surface area contributed by atoms with Crippen LogP contribution < -0.4 is 15.8 Å². The molecule has 4 N–H and O–H groups in total. The topological polar surface area (TPSA) is 171 Å². The predicted octanol–water partition coefficient (Wildman–Crippen LogP) is 1.95. The van der Waals surface area contributed by atoms with E-state index in [1.54, 1.807) is 12.1 Å². The van der Waals surface area contributed by atoms with Crippen LogP contribution in [0.25, 0.3) is 6.08 Å². The average molecular weight is 413 g/mol. The molecular formula is C19H15N3O8. The number of carboxylic acid groups (broad SMARTS) is 1. The van der Waals surface area contributed by atoms with E-state index < -0.39 is 28.9 Å². The lowest BCUT2D eigenvalue weighted by Crippen LogP contribution is -2.32. The van der Waals surface area contributed by atoms with E-state index >= 15 is 0 Å². The molecule has 1 unspecified atom stereocenters. The Labute approximate surface area is 168 Å². The van der Waals surface area contributed by atoms with Gasteiger partial charge in [0.1, 0.15) is 11.8 Å². The minimum Gasteiger partial charge on any atom is -0.480 e. The number of amides is 2. The van der Waals surface area contributed by atoms with Crippen molar-refractivity contribution in [1.29, 1.82) is 0 Å². The highest BCUT2D eigenvalue weighted by molar-refractivity contribution is 6.09. The van der Waals surface area contributed by atoms with E-state index in [9.17, 15) is 24.5 Å². The maximum atomic E-state index is 11.5. The van der Waals surface area contributed by atoms with E-state index in [0.717, 1.165) is 0 Å². The number of ether oxygens (including phenoxy) is 2. The fourth-order valence-electron chi connectivity index (χ4n) is 2.59. The van der Waals surface area contributed by atoms with E-state index in [2.05, 4.69) is 4.74 Å². The number of benzene rings is 2. The van der Waals surface area contributed by atoms with Crippen LogP contribution in [-0.4, -0.2) is 34.0 Å². The third-order valence-corrected chi connectivity index (χ3v) is 4.04. The lowest BCUT2D eigenvalue weighted by molar-refractivity contribution is -0.385. The fraction of sp³-hybridized carbons (Fsp3) is 0.105. The van der Waals surface area contributed by atoms with Crippen molar-refractivity contribution in [2.75, 3.05) is 0 Å². The van der Waals surface area contributed by atoms with E-state index in [1.165, 1.54) is 36.4 Å². The molecule has 2 aromatic rings. The Morgan fingerprint density at radius 3 is 2.53 bits per heavy atom. The number of hydrogen-bond acceptors (Lipinski definition) is 8. The van der Waals surface area contributed by atoms with Gasteiger partial charge in [-0.05, 0) is 41.8 Å². The summed E-state index contributed by atoms with van der Waals surface area (Å²) in [6.45, 7) is 0. The van der Waals surface area contributed by atoms with E-state index in [-0.39, 0.29) is 29.2 Å². The third-order valence-electron chi connectivity index (χ3n) is 4.04. The van der Waals surface area contributed by atoms with Crippen molar-refractivity contribution < 1.29 is 33.9 Å². The molecule has 0 aliphatic carbocycles. The van der Waals surface area contributed by atoms with Gasteiger partial charge in [0.15, 0.2) is 5.76 Å². The van der Waals surface area contributed by atoms with Gasteiger partial charge in [-0.15, -0.1) is 0 Å². The SMILES string of the molecule is NC(Cc1ccc(Oc2ccc(/C=C3/OC(=O)NC3=O)cc2[N+](=O)[O-])cc1)C(=O)O. The summed E-state index contributed by atoms with van der Waals surface area (Å²) in [5.41, 5.74) is 6.04. The molecule has 0 aromatic heterocycles. The molecule has 1 heterocycles. The van der Waals surface area contributed by atoms with Gasteiger partial charge in [0.2, 0.25) is 5.75 Å². The van der Waals surface area contributed by atoms with E-state index in [1.807, 2.05) is 5.32 Å². The first-order valence-corrected chi connectivity index (χ1v) is 8.51. The Kier molecular flexibility index (Phi) is 5.74. The number of carboxylic acids is 1. The summed E-state index contributed by atoms with van der Waals surface area (Å²) in [4.78, 5) is 44.2. The predicted molar refractivity (Wildman–Crippen MR) is 102 cm³/mol. The number of nitrogens with two attached hydrogens (primary N) is 1. The molecule has 11 heteroatoms. The number of cyclic esters (lactones) is 1. The maximum absolute atomic E-state index is 11.5. The van der Waals surface area contributed by atoms with Crippen molar-refractivity contribution in [1.82, 2.24) is 5.32 Å². The van der Waals surface area contributed by atoms with Crippen molar-refractivity contribution in [2.24, 2.45) is 5.73 Å². The summed E-state index contributed by atoms with van der Waals surface area (Å²) in [5, 5.41) is 22.2. The molecule has 2 aromatic carbocycles. The van der Waals surface area contributed by atoms with E-state index in [0.29, 0.717) is 11.3 Å². The summed E-state index contributed by atoms with van der Waals surface area (Å²) < 4.78 is 10.2. The van der Waals surface area contributed by atoms with Crippen molar-refractivity contribution in [3.63, 3.8) is 0 Å². The Hall–Kier alpha value is -4.25. The first-order valence-electron chi connectivity index (χ1n) is 8.51. The number of nitro benzene ring substituents is 1. The Morgan fingerprint density at radius 1 is 1.27 bits per heavy atom.